The summed E-state index contributed by atoms with van der Waals surface area (Å²) in [4.78, 5) is 27.0. The lowest BCUT2D eigenvalue weighted by Gasteiger charge is -2.18. The van der Waals surface area contributed by atoms with Crippen molar-refractivity contribution in [2.24, 2.45) is 0 Å². The average molecular weight is 324 g/mol. The summed E-state index contributed by atoms with van der Waals surface area (Å²) in [5.74, 6) is 0.0519. The van der Waals surface area contributed by atoms with E-state index in [0.717, 1.165) is 18.4 Å². The van der Waals surface area contributed by atoms with E-state index in [1.807, 2.05) is 19.1 Å². The zero-order valence-electron chi connectivity index (χ0n) is 13.6. The van der Waals surface area contributed by atoms with Crippen LogP contribution in [0.4, 0.5) is 0 Å². The molecule has 0 aliphatic carbocycles. The molecule has 1 aliphatic rings. The van der Waals surface area contributed by atoms with Gasteiger partial charge in [0.2, 0.25) is 0 Å². The lowest BCUT2D eigenvalue weighted by molar-refractivity contribution is -0.126. The van der Waals surface area contributed by atoms with Crippen LogP contribution < -0.4 is 5.32 Å². The summed E-state index contributed by atoms with van der Waals surface area (Å²) in [6, 6.07) is 10.8. The predicted octanol–water partition coefficient (Wildman–Crippen LogP) is 2.98. The first-order valence-corrected chi connectivity index (χ1v) is 8.06. The Balaban J connectivity index is 1.84. The van der Waals surface area contributed by atoms with Gasteiger partial charge in [0.05, 0.1) is 6.26 Å². The zero-order valence-corrected chi connectivity index (χ0v) is 13.6. The summed E-state index contributed by atoms with van der Waals surface area (Å²) in [5, 5.41) is 2.75. The Morgan fingerprint density at radius 1 is 1.17 bits per heavy atom. The molecule has 1 N–H and O–H groups in total. The summed E-state index contributed by atoms with van der Waals surface area (Å²) in [6.07, 6.45) is 5.09. The summed E-state index contributed by atoms with van der Waals surface area (Å²) in [7, 11) is 0. The van der Waals surface area contributed by atoms with Crippen molar-refractivity contribution in [3.63, 3.8) is 0 Å². The summed E-state index contributed by atoms with van der Waals surface area (Å²) in [5.41, 5.74) is 1.75. The lowest BCUT2D eigenvalue weighted by atomic mass is 10.1. The Hall–Kier alpha value is -2.82. The summed E-state index contributed by atoms with van der Waals surface area (Å²) < 4.78 is 5.28. The van der Waals surface area contributed by atoms with E-state index in [4.69, 9.17) is 4.42 Å². The number of nitrogens with zero attached hydrogens (tertiary/aromatic N) is 1. The number of amides is 2. The second kappa shape index (κ2) is 7.17. The van der Waals surface area contributed by atoms with Crippen molar-refractivity contribution in [3.8, 4) is 0 Å². The number of carbonyl (C=O) groups is 2. The molecule has 0 radical (unpaired) electrons. The first-order valence-electron chi connectivity index (χ1n) is 8.06. The molecular formula is C19H20N2O3. The third-order valence-corrected chi connectivity index (χ3v) is 3.98. The molecule has 1 aliphatic heterocycles. The molecule has 5 nitrogen and oxygen atoms in total. The topological polar surface area (TPSA) is 62.6 Å². The van der Waals surface area contributed by atoms with E-state index in [1.54, 1.807) is 35.2 Å². The molecule has 1 saturated heterocycles. The number of nitrogens with one attached hydrogen (secondary N) is 1. The van der Waals surface area contributed by atoms with Gasteiger partial charge in [-0.15, -0.1) is 0 Å². The fourth-order valence-corrected chi connectivity index (χ4v) is 2.74. The Morgan fingerprint density at radius 3 is 2.62 bits per heavy atom. The smallest absolute Gasteiger partial charge is 0.270 e. The molecule has 1 fully saturated rings. The van der Waals surface area contributed by atoms with Crippen molar-refractivity contribution >= 4 is 17.9 Å². The van der Waals surface area contributed by atoms with E-state index in [9.17, 15) is 9.59 Å². The highest BCUT2D eigenvalue weighted by Crippen LogP contribution is 2.14. The summed E-state index contributed by atoms with van der Waals surface area (Å²) in [6.45, 7) is 3.36. The predicted molar refractivity (Wildman–Crippen MR) is 91.1 cm³/mol. The zero-order chi connectivity index (χ0) is 16.9. The van der Waals surface area contributed by atoms with Gasteiger partial charge in [0.15, 0.2) is 0 Å². The van der Waals surface area contributed by atoms with Crippen LogP contribution in [0.2, 0.25) is 0 Å². The molecule has 0 unspecified atom stereocenters. The molecule has 0 saturated carbocycles. The second-order valence-electron chi connectivity index (χ2n) is 5.90. The molecule has 5 heteroatoms. The van der Waals surface area contributed by atoms with Crippen molar-refractivity contribution in [2.45, 2.75) is 19.8 Å². The van der Waals surface area contributed by atoms with Crippen molar-refractivity contribution in [1.82, 2.24) is 10.2 Å². The highest BCUT2D eigenvalue weighted by atomic mass is 16.3. The number of rotatable bonds is 4. The van der Waals surface area contributed by atoms with Crippen molar-refractivity contribution in [1.29, 1.82) is 0 Å². The molecule has 1 aromatic carbocycles. The molecule has 0 atom stereocenters. The van der Waals surface area contributed by atoms with Crippen LogP contribution in [0.25, 0.3) is 6.08 Å². The van der Waals surface area contributed by atoms with E-state index >= 15 is 0 Å². The molecule has 3 rings (SSSR count). The quantitative estimate of drug-likeness (QED) is 0.880. The number of furan rings is 1. The molecule has 2 amide bonds. The fourth-order valence-electron chi connectivity index (χ4n) is 2.74. The van der Waals surface area contributed by atoms with Gasteiger partial charge < -0.3 is 14.6 Å². The van der Waals surface area contributed by atoms with Gasteiger partial charge in [0.25, 0.3) is 11.8 Å². The molecular weight excluding hydrogens is 304 g/mol. The summed E-state index contributed by atoms with van der Waals surface area (Å²) >= 11 is 0. The maximum Gasteiger partial charge on any atom is 0.270 e. The third-order valence-electron chi connectivity index (χ3n) is 3.98. The maximum atomic E-state index is 12.7. The SMILES string of the molecule is Cc1cccc(C(=O)N/C(=C/c2ccco2)C(=O)N2CCCC2)c1. The number of hydrogen-bond acceptors (Lipinski definition) is 3. The van der Waals surface area contributed by atoms with Crippen LogP contribution in [-0.2, 0) is 4.79 Å². The van der Waals surface area contributed by atoms with E-state index in [0.29, 0.717) is 24.4 Å². The minimum atomic E-state index is -0.302. The number of aryl methyl sites for hydroxylation is 1. The van der Waals surface area contributed by atoms with Gasteiger partial charge in [0, 0.05) is 24.7 Å². The molecule has 0 spiro atoms. The van der Waals surface area contributed by atoms with Gasteiger partial charge in [-0.1, -0.05) is 17.7 Å². The van der Waals surface area contributed by atoms with Crippen LogP contribution in [0.5, 0.6) is 0 Å². The highest BCUT2D eigenvalue weighted by Gasteiger charge is 2.23. The monoisotopic (exact) mass is 324 g/mol. The minimum absolute atomic E-state index is 0.176. The van der Waals surface area contributed by atoms with Gasteiger partial charge in [0.1, 0.15) is 11.5 Å². The van der Waals surface area contributed by atoms with Gasteiger partial charge in [-0.2, -0.15) is 0 Å². The van der Waals surface area contributed by atoms with Crippen LogP contribution in [-0.4, -0.2) is 29.8 Å². The second-order valence-corrected chi connectivity index (χ2v) is 5.90. The van der Waals surface area contributed by atoms with Gasteiger partial charge in [-0.3, -0.25) is 9.59 Å². The van der Waals surface area contributed by atoms with Gasteiger partial charge in [-0.05, 0) is 44.0 Å². The first kappa shape index (κ1) is 16.1. The molecule has 0 bridgehead atoms. The van der Waals surface area contributed by atoms with Gasteiger partial charge >= 0.3 is 0 Å². The molecule has 2 aromatic rings. The van der Waals surface area contributed by atoms with E-state index < -0.39 is 0 Å². The number of likely N-dealkylation sites (tertiary alicyclic amines) is 1. The first-order chi connectivity index (χ1) is 11.6. The Morgan fingerprint density at radius 2 is 1.96 bits per heavy atom. The van der Waals surface area contributed by atoms with Crippen LogP contribution in [0.1, 0.15) is 34.5 Å². The van der Waals surface area contributed by atoms with Crippen molar-refractivity contribution < 1.29 is 14.0 Å². The molecule has 24 heavy (non-hydrogen) atoms. The fraction of sp³-hybridized carbons (Fsp3) is 0.263. The third kappa shape index (κ3) is 3.74. The number of carbonyl (C=O) groups excluding carboxylic acids is 2. The standard InChI is InChI=1S/C19H20N2O3/c1-14-6-4-7-15(12-14)18(22)20-17(13-16-8-5-11-24-16)19(23)21-9-2-3-10-21/h4-8,11-13H,2-3,9-10H2,1H3,(H,20,22)/b17-13+. The molecule has 2 heterocycles. The Kier molecular flexibility index (Phi) is 4.79. The number of benzene rings is 1. The van der Waals surface area contributed by atoms with Gasteiger partial charge in [-0.25, -0.2) is 0 Å². The lowest BCUT2D eigenvalue weighted by Crippen LogP contribution is -2.36. The Labute approximate surface area is 141 Å². The average Bonchev–Trinajstić information content (AvgIpc) is 3.27. The maximum absolute atomic E-state index is 12.7. The van der Waals surface area contributed by atoms with Crippen molar-refractivity contribution in [3.05, 3.63) is 65.2 Å². The largest absolute Gasteiger partial charge is 0.465 e. The normalized spacial score (nSPS) is 14.7. The van der Waals surface area contributed by atoms with Crippen LogP contribution in [0.15, 0.2) is 52.8 Å². The van der Waals surface area contributed by atoms with Crippen LogP contribution >= 0.6 is 0 Å². The van der Waals surface area contributed by atoms with E-state index in [1.165, 1.54) is 6.26 Å². The van der Waals surface area contributed by atoms with Crippen molar-refractivity contribution in [2.75, 3.05) is 13.1 Å². The minimum Gasteiger partial charge on any atom is -0.465 e. The molecule has 124 valence electrons. The highest BCUT2D eigenvalue weighted by molar-refractivity contribution is 6.05. The van der Waals surface area contributed by atoms with Crippen LogP contribution in [0.3, 0.4) is 0 Å². The van der Waals surface area contributed by atoms with E-state index in [2.05, 4.69) is 5.32 Å². The van der Waals surface area contributed by atoms with Crippen LogP contribution in [0, 0.1) is 6.92 Å². The van der Waals surface area contributed by atoms with E-state index in [-0.39, 0.29) is 17.5 Å². The number of hydrogen-bond donors (Lipinski definition) is 1. The molecule has 1 aromatic heterocycles. The Bertz CT molecular complexity index is 757.